The molecule has 0 spiro atoms. The van der Waals surface area contributed by atoms with Gasteiger partial charge in [-0.15, -0.1) is 0 Å². The highest BCUT2D eigenvalue weighted by Gasteiger charge is 2.13. The van der Waals surface area contributed by atoms with Crippen molar-refractivity contribution in [3.05, 3.63) is 35.8 Å². The van der Waals surface area contributed by atoms with Crippen LogP contribution in [0.15, 0.2) is 28.9 Å². The van der Waals surface area contributed by atoms with Gasteiger partial charge in [0.15, 0.2) is 11.5 Å². The van der Waals surface area contributed by atoms with E-state index in [0.717, 1.165) is 17.0 Å². The molecule has 0 saturated heterocycles. The summed E-state index contributed by atoms with van der Waals surface area (Å²) < 4.78 is 21.3. The average molecular weight is 277 g/mol. The Balaban J connectivity index is 2.21. The lowest BCUT2D eigenvalue weighted by atomic mass is 10.2. The monoisotopic (exact) mass is 277 g/mol. The fraction of sp³-hybridized carbons (Fsp3) is 0.333. The Labute approximate surface area is 118 Å². The number of methoxy groups -OCH3 is 3. The van der Waals surface area contributed by atoms with Gasteiger partial charge in [0, 0.05) is 17.8 Å². The molecule has 0 aliphatic heterocycles. The predicted octanol–water partition coefficient (Wildman–Crippen LogP) is 3.23. The van der Waals surface area contributed by atoms with Gasteiger partial charge in [0.2, 0.25) is 5.75 Å². The van der Waals surface area contributed by atoms with Crippen molar-refractivity contribution < 1.29 is 18.6 Å². The summed E-state index contributed by atoms with van der Waals surface area (Å²) in [4.78, 5) is 0. The van der Waals surface area contributed by atoms with Gasteiger partial charge in [0.1, 0.15) is 5.76 Å². The zero-order valence-electron chi connectivity index (χ0n) is 12.1. The van der Waals surface area contributed by atoms with E-state index in [4.69, 9.17) is 18.6 Å². The summed E-state index contributed by atoms with van der Waals surface area (Å²) in [5, 5.41) is 3.28. The molecule has 0 aliphatic carbocycles. The van der Waals surface area contributed by atoms with Crippen LogP contribution in [0.25, 0.3) is 0 Å². The van der Waals surface area contributed by atoms with Crippen molar-refractivity contribution in [2.45, 2.75) is 13.5 Å². The van der Waals surface area contributed by atoms with E-state index < -0.39 is 0 Å². The predicted molar refractivity (Wildman–Crippen MR) is 76.9 cm³/mol. The van der Waals surface area contributed by atoms with Crippen molar-refractivity contribution in [2.24, 2.45) is 0 Å². The Bertz CT molecular complexity index is 552. The van der Waals surface area contributed by atoms with Crippen molar-refractivity contribution in [1.29, 1.82) is 0 Å². The number of hydrogen-bond acceptors (Lipinski definition) is 5. The van der Waals surface area contributed by atoms with E-state index in [1.165, 1.54) is 0 Å². The second kappa shape index (κ2) is 6.23. The lowest BCUT2D eigenvalue weighted by Gasteiger charge is -2.14. The molecule has 5 heteroatoms. The van der Waals surface area contributed by atoms with Crippen LogP contribution >= 0.6 is 0 Å². The van der Waals surface area contributed by atoms with Gasteiger partial charge in [-0.3, -0.25) is 0 Å². The smallest absolute Gasteiger partial charge is 0.203 e. The van der Waals surface area contributed by atoms with E-state index in [1.807, 2.05) is 25.1 Å². The van der Waals surface area contributed by atoms with Gasteiger partial charge in [0.25, 0.3) is 0 Å². The van der Waals surface area contributed by atoms with Gasteiger partial charge in [-0.25, -0.2) is 0 Å². The van der Waals surface area contributed by atoms with Crippen LogP contribution in [0.1, 0.15) is 11.3 Å². The van der Waals surface area contributed by atoms with Crippen LogP contribution in [0.2, 0.25) is 0 Å². The summed E-state index contributed by atoms with van der Waals surface area (Å²) in [6.07, 6.45) is 1.68. The minimum Gasteiger partial charge on any atom is -0.493 e. The summed E-state index contributed by atoms with van der Waals surface area (Å²) in [5.74, 6) is 2.71. The maximum atomic E-state index is 5.39. The van der Waals surface area contributed by atoms with Crippen molar-refractivity contribution in [2.75, 3.05) is 26.6 Å². The average Bonchev–Trinajstić information content (AvgIpc) is 2.89. The highest BCUT2D eigenvalue weighted by atomic mass is 16.5. The summed E-state index contributed by atoms with van der Waals surface area (Å²) in [7, 11) is 4.77. The maximum absolute atomic E-state index is 5.39. The minimum atomic E-state index is 0.578. The Kier molecular flexibility index (Phi) is 4.40. The van der Waals surface area contributed by atoms with E-state index in [-0.39, 0.29) is 0 Å². The Morgan fingerprint density at radius 3 is 2.15 bits per heavy atom. The van der Waals surface area contributed by atoms with Gasteiger partial charge in [-0.1, -0.05) is 0 Å². The normalized spacial score (nSPS) is 10.2. The highest BCUT2D eigenvalue weighted by Crippen LogP contribution is 2.40. The third-order valence-electron chi connectivity index (χ3n) is 3.09. The van der Waals surface area contributed by atoms with Crippen molar-refractivity contribution in [3.63, 3.8) is 0 Å². The fourth-order valence-corrected chi connectivity index (χ4v) is 1.95. The SMILES string of the molecule is COc1cc(NCc2occc2C)cc(OC)c1OC. The van der Waals surface area contributed by atoms with Crippen molar-refractivity contribution >= 4 is 5.69 Å². The van der Waals surface area contributed by atoms with Crippen molar-refractivity contribution in [3.8, 4) is 17.2 Å². The topological polar surface area (TPSA) is 52.9 Å². The van der Waals surface area contributed by atoms with Gasteiger partial charge < -0.3 is 23.9 Å². The summed E-state index contributed by atoms with van der Waals surface area (Å²) in [5.41, 5.74) is 1.99. The number of hydrogen-bond donors (Lipinski definition) is 1. The molecular formula is C15H19NO4. The van der Waals surface area contributed by atoms with Crippen LogP contribution in [0.3, 0.4) is 0 Å². The maximum Gasteiger partial charge on any atom is 0.203 e. The number of aryl methyl sites for hydroxylation is 1. The Hall–Kier alpha value is -2.30. The molecule has 1 aromatic carbocycles. The summed E-state index contributed by atoms with van der Waals surface area (Å²) in [6, 6.07) is 5.66. The first kappa shape index (κ1) is 14.1. The quantitative estimate of drug-likeness (QED) is 0.878. The van der Waals surface area contributed by atoms with Crippen LogP contribution in [0, 0.1) is 6.92 Å². The first-order valence-electron chi connectivity index (χ1n) is 6.26. The molecule has 0 atom stereocenters. The molecule has 0 bridgehead atoms. The molecule has 0 amide bonds. The first-order valence-corrected chi connectivity index (χ1v) is 6.26. The Morgan fingerprint density at radius 2 is 1.70 bits per heavy atom. The van der Waals surface area contributed by atoms with E-state index in [1.54, 1.807) is 27.6 Å². The van der Waals surface area contributed by atoms with Gasteiger partial charge in [-0.05, 0) is 18.6 Å². The van der Waals surface area contributed by atoms with Crippen LogP contribution in [-0.2, 0) is 6.54 Å². The molecular weight excluding hydrogens is 258 g/mol. The van der Waals surface area contributed by atoms with Crippen LogP contribution in [-0.4, -0.2) is 21.3 Å². The standard InChI is InChI=1S/C15H19NO4/c1-10-5-6-20-14(10)9-16-11-7-12(17-2)15(19-4)13(8-11)18-3/h5-8,16H,9H2,1-4H3. The van der Waals surface area contributed by atoms with E-state index in [0.29, 0.717) is 23.8 Å². The lowest BCUT2D eigenvalue weighted by molar-refractivity contribution is 0.324. The molecule has 0 radical (unpaired) electrons. The molecule has 0 fully saturated rings. The molecule has 0 aliphatic rings. The lowest BCUT2D eigenvalue weighted by Crippen LogP contribution is -2.02. The van der Waals surface area contributed by atoms with Crippen LogP contribution < -0.4 is 19.5 Å². The van der Waals surface area contributed by atoms with Gasteiger partial charge >= 0.3 is 0 Å². The first-order chi connectivity index (χ1) is 9.69. The molecule has 5 nitrogen and oxygen atoms in total. The highest BCUT2D eigenvalue weighted by molar-refractivity contribution is 5.62. The molecule has 1 N–H and O–H groups in total. The molecule has 0 unspecified atom stereocenters. The minimum absolute atomic E-state index is 0.578. The molecule has 0 saturated carbocycles. The number of furan rings is 1. The third kappa shape index (κ3) is 2.82. The molecule has 2 rings (SSSR count). The molecule has 108 valence electrons. The van der Waals surface area contributed by atoms with Gasteiger partial charge in [-0.2, -0.15) is 0 Å². The summed E-state index contributed by atoms with van der Waals surface area (Å²) in [6.45, 7) is 2.60. The molecule has 2 aromatic rings. The fourth-order valence-electron chi connectivity index (χ4n) is 1.95. The number of benzene rings is 1. The van der Waals surface area contributed by atoms with Gasteiger partial charge in [0.05, 0.1) is 34.1 Å². The van der Waals surface area contributed by atoms with E-state index in [2.05, 4.69) is 5.32 Å². The zero-order chi connectivity index (χ0) is 14.5. The number of ether oxygens (including phenoxy) is 3. The third-order valence-corrected chi connectivity index (χ3v) is 3.09. The molecule has 1 heterocycles. The zero-order valence-corrected chi connectivity index (χ0v) is 12.1. The Morgan fingerprint density at radius 1 is 1.05 bits per heavy atom. The number of anilines is 1. The second-order valence-corrected chi connectivity index (χ2v) is 4.29. The number of rotatable bonds is 6. The van der Waals surface area contributed by atoms with Crippen molar-refractivity contribution in [1.82, 2.24) is 0 Å². The molecule has 20 heavy (non-hydrogen) atoms. The van der Waals surface area contributed by atoms with E-state index >= 15 is 0 Å². The summed E-state index contributed by atoms with van der Waals surface area (Å²) >= 11 is 0. The van der Waals surface area contributed by atoms with Crippen LogP contribution in [0.5, 0.6) is 17.2 Å². The number of nitrogens with one attached hydrogen (secondary N) is 1. The van der Waals surface area contributed by atoms with E-state index in [9.17, 15) is 0 Å². The molecule has 1 aromatic heterocycles. The second-order valence-electron chi connectivity index (χ2n) is 4.29. The van der Waals surface area contributed by atoms with Crippen LogP contribution in [0.4, 0.5) is 5.69 Å². The largest absolute Gasteiger partial charge is 0.493 e.